The summed E-state index contributed by atoms with van der Waals surface area (Å²) in [5, 5.41) is 11.7. The third-order valence-corrected chi connectivity index (χ3v) is 3.62. The van der Waals surface area contributed by atoms with Crippen molar-refractivity contribution in [1.29, 1.82) is 0 Å². The van der Waals surface area contributed by atoms with E-state index in [0.717, 1.165) is 10.0 Å². The Hall–Kier alpha value is -1.36. The quantitative estimate of drug-likeness (QED) is 0.844. The molecule has 0 aliphatic carbocycles. The molecule has 0 fully saturated rings. The lowest BCUT2D eigenvalue weighted by atomic mass is 9.98. The first-order valence-electron chi connectivity index (χ1n) is 6.16. The molecule has 2 N–H and O–H groups in total. The number of hydrogen-bond acceptors (Lipinski definition) is 2. The highest BCUT2D eigenvalue weighted by atomic mass is 79.9. The molecule has 0 radical (unpaired) electrons. The number of rotatable bonds is 6. The minimum atomic E-state index is -1.19. The number of aliphatic carboxylic acids is 1. The molecule has 0 aliphatic rings. The van der Waals surface area contributed by atoms with Gasteiger partial charge < -0.3 is 10.4 Å². The van der Waals surface area contributed by atoms with Gasteiger partial charge in [-0.3, -0.25) is 4.79 Å². The van der Waals surface area contributed by atoms with E-state index in [1.54, 1.807) is 6.92 Å². The predicted molar refractivity (Wildman–Crippen MR) is 76.9 cm³/mol. The van der Waals surface area contributed by atoms with Crippen molar-refractivity contribution >= 4 is 27.8 Å². The van der Waals surface area contributed by atoms with E-state index in [0.29, 0.717) is 12.8 Å². The molecule has 19 heavy (non-hydrogen) atoms. The third kappa shape index (κ3) is 4.67. The fraction of sp³-hybridized carbons (Fsp3) is 0.429. The average molecular weight is 328 g/mol. The molecule has 1 unspecified atom stereocenters. The highest BCUT2D eigenvalue weighted by Crippen LogP contribution is 2.14. The molecule has 4 nitrogen and oxygen atoms in total. The summed E-state index contributed by atoms with van der Waals surface area (Å²) in [6, 6.07) is 7.71. The Kier molecular flexibility index (Phi) is 5.54. The minimum Gasteiger partial charge on any atom is -0.480 e. The number of benzene rings is 1. The van der Waals surface area contributed by atoms with Gasteiger partial charge in [0.15, 0.2) is 0 Å². The second-order valence-corrected chi connectivity index (χ2v) is 5.58. The second kappa shape index (κ2) is 6.70. The van der Waals surface area contributed by atoms with E-state index in [1.165, 1.54) is 6.92 Å². The smallest absolute Gasteiger partial charge is 0.329 e. The van der Waals surface area contributed by atoms with E-state index in [-0.39, 0.29) is 12.3 Å². The van der Waals surface area contributed by atoms with Crippen LogP contribution in [0.2, 0.25) is 0 Å². The van der Waals surface area contributed by atoms with Gasteiger partial charge in [0.25, 0.3) is 0 Å². The fourth-order valence-corrected chi connectivity index (χ4v) is 2.06. The number of carboxylic acids is 1. The maximum absolute atomic E-state index is 11.8. The molecule has 1 aromatic rings. The summed E-state index contributed by atoms with van der Waals surface area (Å²) in [6.45, 7) is 3.26. The summed E-state index contributed by atoms with van der Waals surface area (Å²) in [4.78, 5) is 22.9. The molecule has 1 amide bonds. The van der Waals surface area contributed by atoms with Crippen LogP contribution in [-0.2, 0) is 16.0 Å². The topological polar surface area (TPSA) is 66.4 Å². The zero-order valence-corrected chi connectivity index (χ0v) is 12.7. The van der Waals surface area contributed by atoms with Crippen molar-refractivity contribution in [3.05, 3.63) is 34.3 Å². The van der Waals surface area contributed by atoms with Crippen LogP contribution in [0, 0.1) is 0 Å². The van der Waals surface area contributed by atoms with Gasteiger partial charge in [-0.2, -0.15) is 0 Å². The normalized spacial score (nSPS) is 13.6. The zero-order chi connectivity index (χ0) is 14.5. The number of carbonyl (C=O) groups excluding carboxylic acids is 1. The van der Waals surface area contributed by atoms with Gasteiger partial charge in [0, 0.05) is 10.9 Å². The largest absolute Gasteiger partial charge is 0.480 e. The molecule has 0 saturated carbocycles. The van der Waals surface area contributed by atoms with Crippen molar-refractivity contribution < 1.29 is 14.7 Å². The van der Waals surface area contributed by atoms with Crippen molar-refractivity contribution in [2.24, 2.45) is 0 Å². The molecule has 0 aromatic heterocycles. The van der Waals surface area contributed by atoms with Crippen LogP contribution in [0.25, 0.3) is 0 Å². The van der Waals surface area contributed by atoms with Crippen LogP contribution in [-0.4, -0.2) is 22.5 Å². The lowest BCUT2D eigenvalue weighted by Gasteiger charge is -2.24. The molecule has 0 bridgehead atoms. The van der Waals surface area contributed by atoms with Crippen LogP contribution in [0.1, 0.15) is 32.3 Å². The van der Waals surface area contributed by atoms with Crippen LogP contribution in [0.5, 0.6) is 0 Å². The van der Waals surface area contributed by atoms with Crippen molar-refractivity contribution in [2.45, 2.75) is 38.6 Å². The first-order chi connectivity index (χ1) is 8.87. The molecular weight excluding hydrogens is 310 g/mol. The highest BCUT2D eigenvalue weighted by molar-refractivity contribution is 9.10. The zero-order valence-electron chi connectivity index (χ0n) is 11.1. The molecule has 5 heteroatoms. The van der Waals surface area contributed by atoms with E-state index in [1.807, 2.05) is 24.3 Å². The molecule has 104 valence electrons. The van der Waals surface area contributed by atoms with Crippen LogP contribution in [0.3, 0.4) is 0 Å². The van der Waals surface area contributed by atoms with E-state index in [4.69, 9.17) is 5.11 Å². The van der Waals surface area contributed by atoms with Gasteiger partial charge in [-0.1, -0.05) is 35.0 Å². The van der Waals surface area contributed by atoms with Gasteiger partial charge >= 0.3 is 5.97 Å². The van der Waals surface area contributed by atoms with Gasteiger partial charge in [0.2, 0.25) is 5.91 Å². The SMILES string of the molecule is CCC(C)(NC(=O)CCc1cccc(Br)c1)C(=O)O. The maximum Gasteiger partial charge on any atom is 0.329 e. The Bertz CT molecular complexity index is 476. The minimum absolute atomic E-state index is 0.244. The van der Waals surface area contributed by atoms with Gasteiger partial charge in [0.1, 0.15) is 5.54 Å². The molecule has 1 aromatic carbocycles. The molecule has 1 rings (SSSR count). The summed E-state index contributed by atoms with van der Waals surface area (Å²) < 4.78 is 0.967. The number of hydrogen-bond donors (Lipinski definition) is 2. The van der Waals surface area contributed by atoms with Gasteiger partial charge in [-0.05, 0) is 37.5 Å². The van der Waals surface area contributed by atoms with Gasteiger partial charge in [-0.25, -0.2) is 4.79 Å². The fourth-order valence-electron chi connectivity index (χ4n) is 1.61. The van der Waals surface area contributed by atoms with E-state index in [2.05, 4.69) is 21.2 Å². The standard InChI is InChI=1S/C14H18BrNO3/c1-3-14(2,13(18)19)16-12(17)8-7-10-5-4-6-11(15)9-10/h4-6,9H,3,7-8H2,1-2H3,(H,16,17)(H,18,19). The van der Waals surface area contributed by atoms with E-state index >= 15 is 0 Å². The monoisotopic (exact) mass is 327 g/mol. The molecule has 1 atom stereocenters. The van der Waals surface area contributed by atoms with Crippen molar-refractivity contribution in [3.63, 3.8) is 0 Å². The lowest BCUT2D eigenvalue weighted by molar-refractivity contribution is -0.147. The van der Waals surface area contributed by atoms with Crippen LogP contribution in [0.4, 0.5) is 0 Å². The maximum atomic E-state index is 11.8. The van der Waals surface area contributed by atoms with Crippen LogP contribution < -0.4 is 5.32 Å². The Morgan fingerprint density at radius 3 is 2.63 bits per heavy atom. The van der Waals surface area contributed by atoms with Crippen molar-refractivity contribution in [3.8, 4) is 0 Å². The summed E-state index contributed by atoms with van der Waals surface area (Å²) in [7, 11) is 0. The summed E-state index contributed by atoms with van der Waals surface area (Å²) in [6.07, 6.45) is 1.22. The third-order valence-electron chi connectivity index (χ3n) is 3.12. The van der Waals surface area contributed by atoms with Crippen molar-refractivity contribution in [2.75, 3.05) is 0 Å². The Morgan fingerprint density at radius 2 is 2.11 bits per heavy atom. The number of aryl methyl sites for hydroxylation is 1. The highest BCUT2D eigenvalue weighted by Gasteiger charge is 2.32. The van der Waals surface area contributed by atoms with Crippen LogP contribution in [0.15, 0.2) is 28.7 Å². The van der Waals surface area contributed by atoms with Gasteiger partial charge in [0.05, 0.1) is 0 Å². The average Bonchev–Trinajstić information content (AvgIpc) is 2.36. The number of amides is 1. The Morgan fingerprint density at radius 1 is 1.42 bits per heavy atom. The molecule has 0 aliphatic heterocycles. The first kappa shape index (κ1) is 15.7. The molecule has 0 spiro atoms. The Balaban J connectivity index is 2.54. The lowest BCUT2D eigenvalue weighted by Crippen LogP contribution is -2.51. The van der Waals surface area contributed by atoms with E-state index in [9.17, 15) is 9.59 Å². The predicted octanol–water partition coefficient (Wildman–Crippen LogP) is 2.75. The second-order valence-electron chi connectivity index (χ2n) is 4.67. The molecule has 0 saturated heterocycles. The summed E-state index contributed by atoms with van der Waals surface area (Å²) in [5.74, 6) is -1.25. The van der Waals surface area contributed by atoms with Crippen LogP contribution >= 0.6 is 15.9 Å². The van der Waals surface area contributed by atoms with Gasteiger partial charge in [-0.15, -0.1) is 0 Å². The number of carbonyl (C=O) groups is 2. The van der Waals surface area contributed by atoms with Crippen molar-refractivity contribution in [1.82, 2.24) is 5.32 Å². The number of nitrogens with one attached hydrogen (secondary N) is 1. The number of carboxylic acid groups (broad SMARTS) is 1. The van der Waals surface area contributed by atoms with E-state index < -0.39 is 11.5 Å². The molecule has 0 heterocycles. The Labute approximate surface area is 121 Å². The molecular formula is C14H18BrNO3. The number of halogens is 1. The summed E-state index contributed by atoms with van der Waals surface area (Å²) in [5.41, 5.74) is -0.146. The summed E-state index contributed by atoms with van der Waals surface area (Å²) >= 11 is 3.37. The first-order valence-corrected chi connectivity index (χ1v) is 6.95.